The Hall–Kier alpha value is -2.41. The van der Waals surface area contributed by atoms with Crippen molar-refractivity contribution >= 4 is 29.0 Å². The molecule has 2 aromatic rings. The Bertz CT molecular complexity index is 826. The number of likely N-dealkylation sites (tertiary alicyclic amines) is 1. The molecule has 2 atom stereocenters. The van der Waals surface area contributed by atoms with Crippen LogP contribution in [-0.4, -0.2) is 29.9 Å². The topological polar surface area (TPSA) is 61.4 Å². The molecule has 26 heavy (non-hydrogen) atoms. The molecule has 7 heteroatoms. The largest absolute Gasteiger partial charge is 0.351 e. The molecule has 2 heterocycles. The number of carbonyl (C=O) groups is 2. The molecule has 1 aromatic heterocycles. The fourth-order valence-electron chi connectivity index (χ4n) is 3.72. The molecule has 1 saturated heterocycles. The van der Waals surface area contributed by atoms with Crippen LogP contribution in [0.5, 0.6) is 0 Å². The Morgan fingerprint density at radius 3 is 2.96 bits per heavy atom. The zero-order valence-corrected chi connectivity index (χ0v) is 15.0. The van der Waals surface area contributed by atoms with Gasteiger partial charge < -0.3 is 15.5 Å². The lowest BCUT2D eigenvalue weighted by molar-refractivity contribution is -0.123. The van der Waals surface area contributed by atoms with Crippen molar-refractivity contribution < 1.29 is 14.0 Å². The van der Waals surface area contributed by atoms with Crippen LogP contribution in [-0.2, 0) is 11.3 Å². The smallest absolute Gasteiger partial charge is 0.321 e. The normalized spacial score (nSPS) is 23.9. The van der Waals surface area contributed by atoms with Gasteiger partial charge in [-0.2, -0.15) is 0 Å². The lowest BCUT2D eigenvalue weighted by Gasteiger charge is -2.17. The summed E-state index contributed by atoms with van der Waals surface area (Å²) in [5.41, 5.74) is 0.357. The maximum Gasteiger partial charge on any atom is 0.321 e. The number of carbonyl (C=O) groups excluding carboxylic acids is 2. The number of hydrogen-bond donors (Lipinski definition) is 2. The summed E-state index contributed by atoms with van der Waals surface area (Å²) in [7, 11) is 0. The van der Waals surface area contributed by atoms with Crippen LogP contribution in [0.15, 0.2) is 41.8 Å². The van der Waals surface area contributed by atoms with Gasteiger partial charge in [-0.3, -0.25) is 4.79 Å². The second-order valence-corrected chi connectivity index (χ2v) is 8.06. The standard InChI is InChI=1S/C19H20FN3O2S/c20-13-3-1-4-14(9-13)22-18(25)23-7-6-19(12-23)10-16(19)17(24)21-11-15-5-2-8-26-15/h1-5,8-9,16H,6-7,10-12H2,(H,21,24)(H,22,25)/t16-,19-/m1/s1. The molecular formula is C19H20FN3O2S. The molecule has 2 fully saturated rings. The average Bonchev–Trinajstić information content (AvgIpc) is 2.97. The van der Waals surface area contributed by atoms with Crippen molar-refractivity contribution in [3.05, 3.63) is 52.5 Å². The van der Waals surface area contributed by atoms with Gasteiger partial charge in [0, 0.05) is 35.0 Å². The van der Waals surface area contributed by atoms with E-state index >= 15 is 0 Å². The van der Waals surface area contributed by atoms with Crippen LogP contribution < -0.4 is 10.6 Å². The first-order valence-corrected chi connectivity index (χ1v) is 9.55. The maximum absolute atomic E-state index is 13.2. The van der Waals surface area contributed by atoms with Crippen LogP contribution in [0, 0.1) is 17.2 Å². The van der Waals surface area contributed by atoms with Gasteiger partial charge >= 0.3 is 6.03 Å². The van der Waals surface area contributed by atoms with Crippen LogP contribution in [0.4, 0.5) is 14.9 Å². The summed E-state index contributed by atoms with van der Waals surface area (Å²) in [5, 5.41) is 7.72. The lowest BCUT2D eigenvalue weighted by Crippen LogP contribution is -2.34. The average molecular weight is 373 g/mol. The second-order valence-electron chi connectivity index (χ2n) is 7.03. The molecule has 0 bridgehead atoms. The third kappa shape index (κ3) is 3.44. The Kier molecular flexibility index (Phi) is 4.40. The van der Waals surface area contributed by atoms with Gasteiger partial charge in [0.15, 0.2) is 0 Å². The molecule has 5 nitrogen and oxygen atoms in total. The van der Waals surface area contributed by atoms with Gasteiger partial charge in [-0.25, -0.2) is 9.18 Å². The lowest BCUT2D eigenvalue weighted by atomic mass is 10.0. The van der Waals surface area contributed by atoms with Gasteiger partial charge in [-0.05, 0) is 42.5 Å². The Morgan fingerprint density at radius 1 is 1.31 bits per heavy atom. The molecule has 3 amide bonds. The molecule has 0 unspecified atom stereocenters. The number of nitrogens with zero attached hydrogens (tertiary/aromatic N) is 1. The molecule has 1 aromatic carbocycles. The number of rotatable bonds is 4. The van der Waals surface area contributed by atoms with E-state index in [1.807, 2.05) is 17.5 Å². The zero-order valence-electron chi connectivity index (χ0n) is 14.2. The summed E-state index contributed by atoms with van der Waals surface area (Å²) in [6.07, 6.45) is 1.66. The number of urea groups is 1. The number of nitrogens with one attached hydrogen (secondary N) is 2. The molecule has 1 aliphatic carbocycles. The van der Waals surface area contributed by atoms with Crippen molar-refractivity contribution in [3.8, 4) is 0 Å². The first kappa shape index (κ1) is 17.0. The van der Waals surface area contributed by atoms with Crippen LogP contribution in [0.3, 0.4) is 0 Å². The van der Waals surface area contributed by atoms with E-state index in [4.69, 9.17) is 0 Å². The van der Waals surface area contributed by atoms with Crippen LogP contribution in [0.2, 0.25) is 0 Å². The number of hydrogen-bond acceptors (Lipinski definition) is 3. The highest BCUT2D eigenvalue weighted by Gasteiger charge is 2.61. The van der Waals surface area contributed by atoms with Crippen molar-refractivity contribution in [1.29, 1.82) is 0 Å². The van der Waals surface area contributed by atoms with Crippen LogP contribution in [0.1, 0.15) is 17.7 Å². The van der Waals surface area contributed by atoms with Gasteiger partial charge in [-0.1, -0.05) is 12.1 Å². The number of benzene rings is 1. The predicted octanol–water partition coefficient (Wildman–Crippen LogP) is 3.45. The second kappa shape index (κ2) is 6.72. The molecule has 1 spiro atoms. The highest BCUT2D eigenvalue weighted by molar-refractivity contribution is 7.09. The van der Waals surface area contributed by atoms with E-state index in [1.165, 1.54) is 12.1 Å². The van der Waals surface area contributed by atoms with Gasteiger partial charge in [0.1, 0.15) is 5.82 Å². The van der Waals surface area contributed by atoms with E-state index in [1.54, 1.807) is 28.4 Å². The van der Waals surface area contributed by atoms with Crippen molar-refractivity contribution in [2.75, 3.05) is 18.4 Å². The molecule has 4 rings (SSSR count). The Morgan fingerprint density at radius 2 is 2.19 bits per heavy atom. The number of amides is 3. The minimum Gasteiger partial charge on any atom is -0.351 e. The van der Waals surface area contributed by atoms with Gasteiger partial charge in [0.2, 0.25) is 5.91 Å². The third-order valence-corrected chi connectivity index (χ3v) is 6.15. The van der Waals surface area contributed by atoms with E-state index in [2.05, 4.69) is 10.6 Å². The first-order chi connectivity index (χ1) is 12.6. The molecule has 0 radical (unpaired) electrons. The molecule has 1 saturated carbocycles. The summed E-state index contributed by atoms with van der Waals surface area (Å²) in [5.74, 6) is -0.328. The minimum absolute atomic E-state index is 0.0190. The van der Waals surface area contributed by atoms with Gasteiger partial charge in [-0.15, -0.1) is 11.3 Å². The quantitative estimate of drug-likeness (QED) is 0.862. The molecule has 2 aliphatic rings. The van der Waals surface area contributed by atoms with Crippen molar-refractivity contribution in [1.82, 2.24) is 10.2 Å². The van der Waals surface area contributed by atoms with Crippen molar-refractivity contribution in [2.45, 2.75) is 19.4 Å². The van der Waals surface area contributed by atoms with E-state index in [-0.39, 0.29) is 29.1 Å². The number of thiophene rings is 1. The number of anilines is 1. The summed E-state index contributed by atoms with van der Waals surface area (Å²) >= 11 is 1.62. The summed E-state index contributed by atoms with van der Waals surface area (Å²) in [6, 6.07) is 9.58. The summed E-state index contributed by atoms with van der Waals surface area (Å²) in [6.45, 7) is 1.76. The monoisotopic (exact) mass is 373 g/mol. The molecule has 136 valence electrons. The van der Waals surface area contributed by atoms with Crippen LogP contribution >= 0.6 is 11.3 Å². The van der Waals surface area contributed by atoms with Crippen molar-refractivity contribution in [2.24, 2.45) is 11.3 Å². The van der Waals surface area contributed by atoms with Gasteiger partial charge in [0.05, 0.1) is 6.54 Å². The van der Waals surface area contributed by atoms with E-state index in [0.29, 0.717) is 25.3 Å². The minimum atomic E-state index is -0.384. The Balaban J connectivity index is 1.29. The predicted molar refractivity (Wildman–Crippen MR) is 98.3 cm³/mol. The molecule has 1 aliphatic heterocycles. The fourth-order valence-corrected chi connectivity index (χ4v) is 4.36. The maximum atomic E-state index is 13.2. The van der Waals surface area contributed by atoms with E-state index in [9.17, 15) is 14.0 Å². The van der Waals surface area contributed by atoms with E-state index < -0.39 is 0 Å². The first-order valence-electron chi connectivity index (χ1n) is 8.67. The summed E-state index contributed by atoms with van der Waals surface area (Å²) in [4.78, 5) is 27.6. The van der Waals surface area contributed by atoms with E-state index in [0.717, 1.165) is 17.7 Å². The Labute approximate surface area is 155 Å². The molecular weight excluding hydrogens is 353 g/mol. The highest BCUT2D eigenvalue weighted by atomic mass is 32.1. The SMILES string of the molecule is O=C(NCc1cccs1)[C@H]1C[C@@]12CCN(C(=O)Nc1cccc(F)c1)C2. The third-order valence-electron chi connectivity index (χ3n) is 5.27. The summed E-state index contributed by atoms with van der Waals surface area (Å²) < 4.78 is 13.2. The van der Waals surface area contributed by atoms with Gasteiger partial charge in [0.25, 0.3) is 0 Å². The van der Waals surface area contributed by atoms with Crippen LogP contribution in [0.25, 0.3) is 0 Å². The number of halogens is 1. The fraction of sp³-hybridized carbons (Fsp3) is 0.368. The van der Waals surface area contributed by atoms with Crippen molar-refractivity contribution in [3.63, 3.8) is 0 Å². The highest BCUT2D eigenvalue weighted by Crippen LogP contribution is 2.58. The zero-order chi connectivity index (χ0) is 18.1. The molecule has 2 N–H and O–H groups in total.